The van der Waals surface area contributed by atoms with Gasteiger partial charge in [-0.3, -0.25) is 14.8 Å². The molecule has 5 heteroatoms. The Morgan fingerprint density at radius 1 is 1.24 bits per heavy atom. The average molecular weight is 346 g/mol. The lowest BCUT2D eigenvalue weighted by Crippen LogP contribution is -2.50. The van der Waals surface area contributed by atoms with E-state index in [4.69, 9.17) is 5.21 Å². The second-order valence-corrected chi connectivity index (χ2v) is 7.80. The minimum atomic E-state index is -0.630. The van der Waals surface area contributed by atoms with Crippen LogP contribution in [-0.4, -0.2) is 35.0 Å². The summed E-state index contributed by atoms with van der Waals surface area (Å²) in [6, 6.07) is 7.77. The molecule has 1 aliphatic carbocycles. The monoisotopic (exact) mass is 346 g/mol. The highest BCUT2D eigenvalue weighted by atomic mass is 16.5. The largest absolute Gasteiger partial charge is 0.333 e. The Balaban J connectivity index is 2.03. The SMILES string of the molecule is Cc1ccc(CCC2(C(=O)N(C)C(CC(C)C)C(=O)NO)CC2)cc1. The van der Waals surface area contributed by atoms with Gasteiger partial charge in [0.25, 0.3) is 5.91 Å². The highest BCUT2D eigenvalue weighted by Crippen LogP contribution is 2.51. The van der Waals surface area contributed by atoms with Gasteiger partial charge in [-0.1, -0.05) is 43.7 Å². The van der Waals surface area contributed by atoms with Gasteiger partial charge in [-0.05, 0) is 50.5 Å². The number of hydrogen-bond donors (Lipinski definition) is 2. The van der Waals surface area contributed by atoms with Crippen LogP contribution in [0.3, 0.4) is 0 Å². The summed E-state index contributed by atoms with van der Waals surface area (Å²) >= 11 is 0. The lowest BCUT2D eigenvalue weighted by Gasteiger charge is -2.31. The van der Waals surface area contributed by atoms with Crippen LogP contribution in [0, 0.1) is 18.3 Å². The Bertz CT molecular complexity index is 606. The predicted octanol–water partition coefficient (Wildman–Crippen LogP) is 3.09. The van der Waals surface area contributed by atoms with Gasteiger partial charge >= 0.3 is 0 Å². The maximum absolute atomic E-state index is 13.0. The number of carbonyl (C=O) groups is 2. The van der Waals surface area contributed by atoms with Gasteiger partial charge in [-0.25, -0.2) is 5.48 Å². The fourth-order valence-electron chi connectivity index (χ4n) is 3.34. The predicted molar refractivity (Wildman–Crippen MR) is 97.1 cm³/mol. The van der Waals surface area contributed by atoms with E-state index in [1.165, 1.54) is 16.0 Å². The highest BCUT2D eigenvalue weighted by molar-refractivity contribution is 5.91. The Labute approximate surface area is 150 Å². The summed E-state index contributed by atoms with van der Waals surface area (Å²) in [5.74, 6) is -0.243. The molecule has 2 rings (SSSR count). The molecule has 0 bridgehead atoms. The van der Waals surface area contributed by atoms with Crippen molar-refractivity contribution in [2.45, 2.75) is 58.9 Å². The van der Waals surface area contributed by atoms with Crippen molar-refractivity contribution < 1.29 is 14.8 Å². The molecule has 1 aromatic rings. The van der Waals surface area contributed by atoms with Crippen molar-refractivity contribution >= 4 is 11.8 Å². The molecule has 1 aliphatic rings. The van der Waals surface area contributed by atoms with Crippen LogP contribution in [0.4, 0.5) is 0 Å². The number of rotatable bonds is 8. The van der Waals surface area contributed by atoms with E-state index in [9.17, 15) is 9.59 Å². The molecule has 0 aromatic heterocycles. The van der Waals surface area contributed by atoms with Gasteiger partial charge in [0.2, 0.25) is 5.91 Å². The fraction of sp³-hybridized carbons (Fsp3) is 0.600. The summed E-state index contributed by atoms with van der Waals surface area (Å²) in [5.41, 5.74) is 3.83. The van der Waals surface area contributed by atoms with E-state index >= 15 is 0 Å². The minimum Gasteiger partial charge on any atom is -0.333 e. The van der Waals surface area contributed by atoms with E-state index in [-0.39, 0.29) is 17.2 Å². The summed E-state index contributed by atoms with van der Waals surface area (Å²) in [4.78, 5) is 26.5. The summed E-state index contributed by atoms with van der Waals surface area (Å²) in [6.07, 6.45) is 3.94. The minimum absolute atomic E-state index is 0.0221. The van der Waals surface area contributed by atoms with Crippen LogP contribution in [-0.2, 0) is 16.0 Å². The number of carbonyl (C=O) groups excluding carboxylic acids is 2. The van der Waals surface area contributed by atoms with Crippen LogP contribution >= 0.6 is 0 Å². The molecule has 0 radical (unpaired) electrons. The smallest absolute Gasteiger partial charge is 0.266 e. The third-order valence-electron chi connectivity index (χ3n) is 5.22. The molecular weight excluding hydrogens is 316 g/mol. The number of likely N-dealkylation sites (N-methyl/N-ethyl adjacent to an activating group) is 1. The molecular formula is C20H30N2O3. The Kier molecular flexibility index (Phi) is 6.22. The van der Waals surface area contributed by atoms with Gasteiger partial charge in [0.15, 0.2) is 0 Å². The number of nitrogens with one attached hydrogen (secondary N) is 1. The van der Waals surface area contributed by atoms with Crippen molar-refractivity contribution in [3.8, 4) is 0 Å². The topological polar surface area (TPSA) is 69.6 Å². The molecule has 25 heavy (non-hydrogen) atoms. The standard InChI is InChI=1S/C20H30N2O3/c1-14(2)13-17(18(23)21-25)22(4)19(24)20(11-12-20)10-9-16-7-5-15(3)6-8-16/h5-8,14,17,25H,9-13H2,1-4H3,(H,21,23). The molecule has 1 aromatic carbocycles. The van der Waals surface area contributed by atoms with Crippen molar-refractivity contribution in [2.75, 3.05) is 7.05 Å². The van der Waals surface area contributed by atoms with Crippen LogP contribution < -0.4 is 5.48 Å². The molecule has 0 spiro atoms. The fourth-order valence-corrected chi connectivity index (χ4v) is 3.34. The number of aryl methyl sites for hydroxylation is 2. The first-order valence-electron chi connectivity index (χ1n) is 9.06. The summed E-state index contributed by atoms with van der Waals surface area (Å²) < 4.78 is 0. The third-order valence-corrected chi connectivity index (χ3v) is 5.22. The molecule has 1 saturated carbocycles. The molecule has 138 valence electrons. The molecule has 0 aliphatic heterocycles. The first-order valence-corrected chi connectivity index (χ1v) is 9.06. The van der Waals surface area contributed by atoms with Crippen molar-refractivity contribution in [1.82, 2.24) is 10.4 Å². The second kappa shape index (κ2) is 8.00. The van der Waals surface area contributed by atoms with Crippen LogP contribution in [0.1, 0.15) is 50.7 Å². The zero-order valence-electron chi connectivity index (χ0n) is 15.7. The highest BCUT2D eigenvalue weighted by Gasteiger charge is 2.51. The molecule has 1 unspecified atom stereocenters. The van der Waals surface area contributed by atoms with Crippen molar-refractivity contribution in [1.29, 1.82) is 0 Å². The van der Waals surface area contributed by atoms with Crippen molar-refractivity contribution in [2.24, 2.45) is 11.3 Å². The molecule has 0 saturated heterocycles. The van der Waals surface area contributed by atoms with E-state index in [1.54, 1.807) is 12.5 Å². The van der Waals surface area contributed by atoms with Gasteiger partial charge in [0.05, 0.1) is 0 Å². The maximum atomic E-state index is 13.0. The Morgan fingerprint density at radius 2 is 1.84 bits per heavy atom. The molecule has 1 fully saturated rings. The van der Waals surface area contributed by atoms with E-state index in [0.29, 0.717) is 6.42 Å². The van der Waals surface area contributed by atoms with Crippen LogP contribution in [0.15, 0.2) is 24.3 Å². The van der Waals surface area contributed by atoms with Crippen LogP contribution in [0.2, 0.25) is 0 Å². The molecule has 5 nitrogen and oxygen atoms in total. The first-order chi connectivity index (χ1) is 11.8. The normalized spacial score (nSPS) is 16.4. The number of hydroxylamine groups is 1. The van der Waals surface area contributed by atoms with Crippen molar-refractivity contribution in [3.05, 3.63) is 35.4 Å². The summed E-state index contributed by atoms with van der Waals surface area (Å²) in [5, 5.41) is 9.00. The van der Waals surface area contributed by atoms with E-state index in [1.807, 2.05) is 13.8 Å². The lowest BCUT2D eigenvalue weighted by atomic mass is 9.93. The average Bonchev–Trinajstić information content (AvgIpc) is 3.38. The number of hydrogen-bond acceptors (Lipinski definition) is 3. The van der Waals surface area contributed by atoms with Crippen molar-refractivity contribution in [3.63, 3.8) is 0 Å². The van der Waals surface area contributed by atoms with Gasteiger partial charge in [0, 0.05) is 12.5 Å². The summed E-state index contributed by atoms with van der Waals surface area (Å²) in [7, 11) is 1.68. The number of benzene rings is 1. The lowest BCUT2D eigenvalue weighted by molar-refractivity contribution is -0.147. The second-order valence-electron chi connectivity index (χ2n) is 7.80. The molecule has 0 heterocycles. The third kappa shape index (κ3) is 4.82. The summed E-state index contributed by atoms with van der Waals surface area (Å²) in [6.45, 7) is 6.06. The quantitative estimate of drug-likeness (QED) is 0.561. The Morgan fingerprint density at radius 3 is 2.32 bits per heavy atom. The van der Waals surface area contributed by atoms with Gasteiger partial charge < -0.3 is 4.90 Å². The first kappa shape index (κ1) is 19.4. The zero-order valence-corrected chi connectivity index (χ0v) is 15.7. The van der Waals surface area contributed by atoms with Crippen LogP contribution in [0.25, 0.3) is 0 Å². The number of nitrogens with zero attached hydrogens (tertiary/aromatic N) is 1. The van der Waals surface area contributed by atoms with Gasteiger partial charge in [-0.15, -0.1) is 0 Å². The maximum Gasteiger partial charge on any atom is 0.266 e. The van der Waals surface area contributed by atoms with E-state index < -0.39 is 11.9 Å². The Hall–Kier alpha value is -1.88. The van der Waals surface area contributed by atoms with Crippen LogP contribution in [0.5, 0.6) is 0 Å². The number of amides is 2. The molecule has 1 atom stereocenters. The van der Waals surface area contributed by atoms with E-state index in [0.717, 1.165) is 25.7 Å². The molecule has 2 N–H and O–H groups in total. The van der Waals surface area contributed by atoms with Gasteiger partial charge in [-0.2, -0.15) is 0 Å². The molecule has 2 amide bonds. The zero-order chi connectivity index (χ0) is 18.6. The van der Waals surface area contributed by atoms with Gasteiger partial charge in [0.1, 0.15) is 6.04 Å². The van der Waals surface area contributed by atoms with E-state index in [2.05, 4.69) is 31.2 Å².